The third-order valence-corrected chi connectivity index (χ3v) is 6.55. The van der Waals surface area contributed by atoms with Crippen LogP contribution in [0.25, 0.3) is 5.69 Å². The monoisotopic (exact) mass is 536 g/mol. The number of halogens is 1. The SMILES string of the molecule is COc1cc(/C=N\NC(=O)[C@@H](C)Sc2nnc(CNc3ccc(Cl)cc3)n2-c2ccccc2)ccc1O. The molecule has 0 aliphatic rings. The molecule has 0 saturated carbocycles. The van der Waals surface area contributed by atoms with Gasteiger partial charge >= 0.3 is 0 Å². The summed E-state index contributed by atoms with van der Waals surface area (Å²) in [6.45, 7) is 2.19. The summed E-state index contributed by atoms with van der Waals surface area (Å²) in [5, 5.41) is 26.5. The lowest BCUT2D eigenvalue weighted by Crippen LogP contribution is -2.27. The van der Waals surface area contributed by atoms with Crippen LogP contribution in [0.3, 0.4) is 0 Å². The number of aromatic nitrogens is 3. The summed E-state index contributed by atoms with van der Waals surface area (Å²) in [7, 11) is 1.46. The minimum absolute atomic E-state index is 0.0268. The number of hydrogen-bond donors (Lipinski definition) is 3. The molecule has 3 aromatic carbocycles. The number of rotatable bonds is 10. The van der Waals surface area contributed by atoms with Crippen LogP contribution in [0.4, 0.5) is 5.69 Å². The van der Waals surface area contributed by atoms with Crippen LogP contribution in [0, 0.1) is 0 Å². The highest BCUT2D eigenvalue weighted by Gasteiger charge is 2.21. The molecule has 1 heterocycles. The first-order valence-corrected chi connectivity index (χ1v) is 12.6. The zero-order valence-electron chi connectivity index (χ0n) is 20.1. The van der Waals surface area contributed by atoms with E-state index in [2.05, 4.69) is 26.0 Å². The standard InChI is InChI=1S/C26H25ClN6O3S/c1-17(25(35)31-29-15-18-8-13-22(34)23(14-18)36-2)37-26-32-30-24(33(26)21-6-4-3-5-7-21)16-28-20-11-9-19(27)10-12-20/h3-15,17,28,34H,16H2,1-2H3,(H,31,35)/b29-15-/t17-/m1/s1. The average molecular weight is 537 g/mol. The van der Waals surface area contributed by atoms with E-state index in [4.69, 9.17) is 16.3 Å². The lowest BCUT2D eigenvalue weighted by molar-refractivity contribution is -0.120. The maximum absolute atomic E-state index is 12.7. The number of phenolic OH excluding ortho intramolecular Hbond substituents is 1. The molecule has 0 aliphatic carbocycles. The number of aromatic hydroxyl groups is 1. The van der Waals surface area contributed by atoms with Crippen LogP contribution in [0.1, 0.15) is 18.3 Å². The Bertz CT molecular complexity index is 1380. The number of hydrogen-bond acceptors (Lipinski definition) is 8. The first kappa shape index (κ1) is 26.1. The Balaban J connectivity index is 1.45. The molecule has 1 amide bonds. The average Bonchev–Trinajstić information content (AvgIpc) is 3.31. The Morgan fingerprint density at radius 2 is 1.92 bits per heavy atom. The highest BCUT2D eigenvalue weighted by molar-refractivity contribution is 8.00. The molecule has 37 heavy (non-hydrogen) atoms. The summed E-state index contributed by atoms with van der Waals surface area (Å²) in [6, 6.07) is 21.9. The van der Waals surface area contributed by atoms with Gasteiger partial charge in [0, 0.05) is 16.4 Å². The first-order chi connectivity index (χ1) is 17.9. The van der Waals surface area contributed by atoms with Gasteiger partial charge in [-0.05, 0) is 67.1 Å². The molecule has 0 aliphatic heterocycles. The van der Waals surface area contributed by atoms with E-state index < -0.39 is 5.25 Å². The van der Waals surface area contributed by atoms with Crippen LogP contribution in [0.15, 0.2) is 83.1 Å². The summed E-state index contributed by atoms with van der Waals surface area (Å²) in [6.07, 6.45) is 1.48. The summed E-state index contributed by atoms with van der Waals surface area (Å²) < 4.78 is 7.01. The Kier molecular flexibility index (Phi) is 8.65. The number of carbonyl (C=O) groups is 1. The molecule has 1 atom stereocenters. The van der Waals surface area contributed by atoms with Gasteiger partial charge in [0.1, 0.15) is 0 Å². The topological polar surface area (TPSA) is 114 Å². The lowest BCUT2D eigenvalue weighted by atomic mass is 10.2. The third-order valence-electron chi connectivity index (χ3n) is 5.25. The summed E-state index contributed by atoms with van der Waals surface area (Å²) >= 11 is 7.26. The van der Waals surface area contributed by atoms with Gasteiger partial charge in [0.05, 0.1) is 25.1 Å². The quantitative estimate of drug-likeness (QED) is 0.150. The predicted octanol–water partition coefficient (Wildman–Crippen LogP) is 4.88. The van der Waals surface area contributed by atoms with E-state index in [0.717, 1.165) is 11.4 Å². The largest absolute Gasteiger partial charge is 0.504 e. The molecule has 1 aromatic heterocycles. The number of para-hydroxylation sites is 1. The first-order valence-electron chi connectivity index (χ1n) is 11.3. The molecule has 3 N–H and O–H groups in total. The fraction of sp³-hybridized carbons (Fsp3) is 0.154. The van der Waals surface area contributed by atoms with Crippen LogP contribution >= 0.6 is 23.4 Å². The van der Waals surface area contributed by atoms with Crippen LogP contribution in [-0.4, -0.2) is 44.4 Å². The number of nitrogens with one attached hydrogen (secondary N) is 2. The number of phenols is 1. The maximum Gasteiger partial charge on any atom is 0.253 e. The smallest absolute Gasteiger partial charge is 0.253 e. The highest BCUT2D eigenvalue weighted by Crippen LogP contribution is 2.27. The number of methoxy groups -OCH3 is 1. The number of carbonyl (C=O) groups excluding carboxylic acids is 1. The van der Waals surface area contributed by atoms with Crippen molar-refractivity contribution >= 4 is 41.2 Å². The van der Waals surface area contributed by atoms with Crippen molar-refractivity contribution in [3.8, 4) is 17.2 Å². The van der Waals surface area contributed by atoms with Gasteiger partial charge in [-0.1, -0.05) is 41.6 Å². The van der Waals surface area contributed by atoms with Gasteiger partial charge in [0.25, 0.3) is 5.91 Å². The maximum atomic E-state index is 12.7. The minimum atomic E-state index is -0.504. The summed E-state index contributed by atoms with van der Waals surface area (Å²) in [5.41, 5.74) is 5.00. The molecule has 9 nitrogen and oxygen atoms in total. The fourth-order valence-electron chi connectivity index (χ4n) is 3.32. The van der Waals surface area contributed by atoms with Gasteiger partial charge in [-0.2, -0.15) is 5.10 Å². The van der Waals surface area contributed by atoms with Gasteiger partial charge < -0.3 is 15.2 Å². The van der Waals surface area contributed by atoms with Gasteiger partial charge in [-0.15, -0.1) is 10.2 Å². The number of amides is 1. The van der Waals surface area contributed by atoms with E-state index >= 15 is 0 Å². The zero-order valence-corrected chi connectivity index (χ0v) is 21.7. The van der Waals surface area contributed by atoms with Crippen LogP contribution in [0.2, 0.25) is 5.02 Å². The summed E-state index contributed by atoms with van der Waals surface area (Å²) in [5.74, 6) is 0.741. The Labute approximate surface area is 223 Å². The second-order valence-corrected chi connectivity index (χ2v) is 9.60. The Hall–Kier alpha value is -4.02. The number of benzene rings is 3. The number of thioether (sulfide) groups is 1. The van der Waals surface area contributed by atoms with Crippen molar-refractivity contribution in [2.75, 3.05) is 12.4 Å². The van der Waals surface area contributed by atoms with Crippen LogP contribution in [0.5, 0.6) is 11.5 Å². The van der Waals surface area contributed by atoms with Crippen molar-refractivity contribution < 1.29 is 14.6 Å². The number of ether oxygens (including phenoxy) is 1. The van der Waals surface area contributed by atoms with Crippen LogP contribution in [-0.2, 0) is 11.3 Å². The fourth-order valence-corrected chi connectivity index (χ4v) is 4.33. The molecule has 0 bridgehead atoms. The van der Waals surface area contributed by atoms with Crippen molar-refractivity contribution in [2.24, 2.45) is 5.10 Å². The number of nitrogens with zero attached hydrogens (tertiary/aromatic N) is 4. The van der Waals surface area contributed by atoms with Gasteiger partial charge in [0.15, 0.2) is 22.5 Å². The molecule has 4 aromatic rings. The molecule has 11 heteroatoms. The van der Waals surface area contributed by atoms with Crippen molar-refractivity contribution in [1.29, 1.82) is 0 Å². The van der Waals surface area contributed by atoms with E-state index in [9.17, 15) is 9.90 Å². The van der Waals surface area contributed by atoms with Gasteiger partial charge in [-0.25, -0.2) is 5.43 Å². The molecule has 0 radical (unpaired) electrons. The molecule has 0 spiro atoms. The molecular formula is C26H25ClN6O3S. The molecule has 4 rings (SSSR count). The second-order valence-electron chi connectivity index (χ2n) is 7.86. The normalized spacial score (nSPS) is 11.9. The predicted molar refractivity (Wildman–Crippen MR) is 146 cm³/mol. The number of anilines is 1. The molecular weight excluding hydrogens is 512 g/mol. The van der Waals surface area contributed by atoms with Gasteiger partial charge in [-0.3, -0.25) is 9.36 Å². The van der Waals surface area contributed by atoms with Crippen LogP contribution < -0.4 is 15.5 Å². The Morgan fingerprint density at radius 1 is 1.16 bits per heavy atom. The van der Waals surface area contributed by atoms with E-state index in [1.807, 2.05) is 59.2 Å². The van der Waals surface area contributed by atoms with E-state index in [1.54, 1.807) is 19.1 Å². The van der Waals surface area contributed by atoms with E-state index in [1.165, 1.54) is 31.2 Å². The Morgan fingerprint density at radius 3 is 2.65 bits per heavy atom. The molecule has 190 valence electrons. The number of hydrazone groups is 1. The molecule has 0 fully saturated rings. The zero-order chi connectivity index (χ0) is 26.2. The summed E-state index contributed by atoms with van der Waals surface area (Å²) in [4.78, 5) is 12.7. The highest BCUT2D eigenvalue weighted by atomic mass is 35.5. The van der Waals surface area contributed by atoms with E-state index in [0.29, 0.717) is 33.9 Å². The minimum Gasteiger partial charge on any atom is -0.504 e. The molecule has 0 unspecified atom stereocenters. The van der Waals surface area contributed by atoms with Crippen molar-refractivity contribution in [2.45, 2.75) is 23.9 Å². The van der Waals surface area contributed by atoms with Gasteiger partial charge in [0.2, 0.25) is 0 Å². The van der Waals surface area contributed by atoms with Crippen molar-refractivity contribution in [3.63, 3.8) is 0 Å². The third kappa shape index (κ3) is 6.81. The molecule has 0 saturated heterocycles. The second kappa shape index (κ2) is 12.3. The lowest BCUT2D eigenvalue weighted by Gasteiger charge is -2.13. The van der Waals surface area contributed by atoms with E-state index in [-0.39, 0.29) is 11.7 Å². The van der Waals surface area contributed by atoms with Crippen molar-refractivity contribution in [3.05, 3.63) is 89.2 Å². The van der Waals surface area contributed by atoms with Crippen molar-refractivity contribution in [1.82, 2.24) is 20.2 Å².